The van der Waals surface area contributed by atoms with Gasteiger partial charge in [0.2, 0.25) is 5.91 Å². The second-order valence-corrected chi connectivity index (χ2v) is 8.66. The molecule has 1 amide bonds. The van der Waals surface area contributed by atoms with E-state index in [0.29, 0.717) is 27.3 Å². The van der Waals surface area contributed by atoms with Gasteiger partial charge >= 0.3 is 0 Å². The lowest BCUT2D eigenvalue weighted by Gasteiger charge is -2.08. The highest BCUT2D eigenvalue weighted by Gasteiger charge is 2.14. The summed E-state index contributed by atoms with van der Waals surface area (Å²) >= 11 is 2.74. The van der Waals surface area contributed by atoms with Crippen LogP contribution in [0.15, 0.2) is 34.6 Å². The highest BCUT2D eigenvalue weighted by molar-refractivity contribution is 7.99. The van der Waals surface area contributed by atoms with Gasteiger partial charge < -0.3 is 9.88 Å². The third kappa shape index (κ3) is 6.01. The molecule has 0 aliphatic carbocycles. The third-order valence-corrected chi connectivity index (χ3v) is 6.11. The van der Waals surface area contributed by atoms with Crippen LogP contribution in [0.5, 0.6) is 0 Å². The van der Waals surface area contributed by atoms with E-state index in [-0.39, 0.29) is 17.3 Å². The molecule has 2 aromatic heterocycles. The second-order valence-electron chi connectivity index (χ2n) is 6.77. The van der Waals surface area contributed by atoms with Gasteiger partial charge in [-0.1, -0.05) is 23.5 Å². The smallest absolute Gasteiger partial charge is 0.269 e. The Labute approximate surface area is 187 Å². The van der Waals surface area contributed by atoms with Gasteiger partial charge in [0, 0.05) is 36.3 Å². The molecule has 0 fully saturated rings. The first kappa shape index (κ1) is 22.7. The Morgan fingerprint density at radius 3 is 2.48 bits per heavy atom. The molecular formula is C19H21N7O3S2. The maximum absolute atomic E-state index is 12.3. The van der Waals surface area contributed by atoms with Crippen LogP contribution in [-0.4, -0.2) is 41.3 Å². The summed E-state index contributed by atoms with van der Waals surface area (Å²) in [6, 6.07) is 6.24. The zero-order valence-corrected chi connectivity index (χ0v) is 19.1. The first-order valence-electron chi connectivity index (χ1n) is 9.24. The molecule has 0 spiro atoms. The van der Waals surface area contributed by atoms with Crippen molar-refractivity contribution in [3.8, 4) is 0 Å². The lowest BCUT2D eigenvalue weighted by Crippen LogP contribution is -2.15. The fourth-order valence-corrected chi connectivity index (χ4v) is 4.36. The minimum atomic E-state index is -0.468. The Morgan fingerprint density at radius 1 is 1.13 bits per heavy atom. The Balaban J connectivity index is 1.55. The Morgan fingerprint density at radius 2 is 1.84 bits per heavy atom. The average molecular weight is 460 g/mol. The van der Waals surface area contributed by atoms with Gasteiger partial charge in [0.25, 0.3) is 5.69 Å². The number of aryl methyl sites for hydroxylation is 3. The van der Waals surface area contributed by atoms with Gasteiger partial charge in [0.05, 0.1) is 16.4 Å². The summed E-state index contributed by atoms with van der Waals surface area (Å²) in [6.07, 6.45) is 0. The standard InChI is InChI=1S/C19H21N7O3S2/c1-11-7-14(26(28)29)5-6-15(11)22-17(27)10-31-19-24-23-16(25(19)4)9-30-18-20-12(2)8-13(3)21-18/h5-8H,9-10H2,1-4H3,(H,22,27). The van der Waals surface area contributed by atoms with Crippen LogP contribution in [0.1, 0.15) is 22.8 Å². The number of anilines is 1. The van der Waals surface area contributed by atoms with Crippen molar-refractivity contribution >= 4 is 40.8 Å². The number of amides is 1. The number of nitrogens with zero attached hydrogens (tertiary/aromatic N) is 6. The minimum absolute atomic E-state index is 0.0134. The topological polar surface area (TPSA) is 129 Å². The van der Waals surface area contributed by atoms with Gasteiger partial charge in [-0.25, -0.2) is 9.97 Å². The number of rotatable bonds is 8. The Kier molecular flexibility index (Phi) is 7.23. The van der Waals surface area contributed by atoms with Gasteiger partial charge in [0.15, 0.2) is 10.3 Å². The molecule has 12 heteroatoms. The van der Waals surface area contributed by atoms with Crippen LogP contribution < -0.4 is 5.32 Å². The zero-order chi connectivity index (χ0) is 22.5. The fraction of sp³-hybridized carbons (Fsp3) is 0.316. The normalized spacial score (nSPS) is 10.8. The molecule has 0 atom stereocenters. The van der Waals surface area contributed by atoms with Crippen LogP contribution in [0.2, 0.25) is 0 Å². The largest absolute Gasteiger partial charge is 0.325 e. The summed E-state index contributed by atoms with van der Waals surface area (Å²) in [5, 5.41) is 23.3. The van der Waals surface area contributed by atoms with Crippen LogP contribution in [0.25, 0.3) is 0 Å². The number of nitro benzene ring substituents is 1. The molecule has 0 saturated carbocycles. The quantitative estimate of drug-likeness (QED) is 0.233. The fourth-order valence-electron chi connectivity index (χ4n) is 2.70. The maximum atomic E-state index is 12.3. The van der Waals surface area contributed by atoms with Gasteiger partial charge in [-0.2, -0.15) is 0 Å². The van der Waals surface area contributed by atoms with E-state index in [1.54, 1.807) is 6.92 Å². The van der Waals surface area contributed by atoms with E-state index in [1.807, 2.05) is 31.5 Å². The molecule has 31 heavy (non-hydrogen) atoms. The molecule has 0 aliphatic heterocycles. The van der Waals surface area contributed by atoms with E-state index in [4.69, 9.17) is 0 Å². The molecule has 162 valence electrons. The third-order valence-electron chi connectivity index (χ3n) is 4.24. The average Bonchev–Trinajstić information content (AvgIpc) is 3.05. The monoisotopic (exact) mass is 459 g/mol. The molecule has 0 radical (unpaired) electrons. The lowest BCUT2D eigenvalue weighted by molar-refractivity contribution is -0.384. The zero-order valence-electron chi connectivity index (χ0n) is 17.4. The summed E-state index contributed by atoms with van der Waals surface area (Å²) in [5.41, 5.74) is 2.98. The Hall–Kier alpha value is -2.99. The number of non-ortho nitro benzene ring substituents is 1. The lowest BCUT2D eigenvalue weighted by atomic mass is 10.2. The highest BCUT2D eigenvalue weighted by Crippen LogP contribution is 2.24. The number of carbonyl (C=O) groups is 1. The molecule has 2 heterocycles. The summed E-state index contributed by atoms with van der Waals surface area (Å²) in [7, 11) is 1.85. The molecule has 0 saturated heterocycles. The summed E-state index contributed by atoms with van der Waals surface area (Å²) in [6.45, 7) is 5.57. The van der Waals surface area contributed by atoms with Gasteiger partial charge in [-0.15, -0.1) is 10.2 Å². The van der Waals surface area contributed by atoms with Crippen LogP contribution in [-0.2, 0) is 17.6 Å². The van der Waals surface area contributed by atoms with Gasteiger partial charge in [-0.05, 0) is 38.5 Å². The molecule has 3 aromatic rings. The highest BCUT2D eigenvalue weighted by atomic mass is 32.2. The number of aromatic nitrogens is 5. The van der Waals surface area contributed by atoms with Crippen molar-refractivity contribution in [3.63, 3.8) is 0 Å². The van der Waals surface area contributed by atoms with Crippen molar-refractivity contribution in [2.75, 3.05) is 11.1 Å². The van der Waals surface area contributed by atoms with Crippen molar-refractivity contribution in [1.29, 1.82) is 0 Å². The molecule has 10 nitrogen and oxygen atoms in total. The molecule has 0 bridgehead atoms. The van der Waals surface area contributed by atoms with Crippen molar-refractivity contribution < 1.29 is 9.72 Å². The first-order valence-corrected chi connectivity index (χ1v) is 11.2. The van der Waals surface area contributed by atoms with Crippen molar-refractivity contribution in [2.45, 2.75) is 36.8 Å². The van der Waals surface area contributed by atoms with E-state index in [9.17, 15) is 14.9 Å². The molecule has 1 N–H and O–H groups in total. The number of nitro groups is 1. The number of carbonyl (C=O) groups excluding carboxylic acids is 1. The van der Waals surface area contributed by atoms with Gasteiger partial charge in [0.1, 0.15) is 5.82 Å². The van der Waals surface area contributed by atoms with Crippen LogP contribution >= 0.6 is 23.5 Å². The van der Waals surface area contributed by atoms with E-state index >= 15 is 0 Å². The minimum Gasteiger partial charge on any atom is -0.325 e. The molecule has 0 unspecified atom stereocenters. The predicted molar refractivity (Wildman–Crippen MR) is 119 cm³/mol. The van der Waals surface area contributed by atoms with Crippen molar-refractivity contribution in [1.82, 2.24) is 24.7 Å². The van der Waals surface area contributed by atoms with Crippen LogP contribution in [0, 0.1) is 30.9 Å². The van der Waals surface area contributed by atoms with E-state index in [1.165, 1.54) is 41.7 Å². The van der Waals surface area contributed by atoms with Crippen molar-refractivity contribution in [3.05, 3.63) is 57.2 Å². The molecule has 1 aromatic carbocycles. The number of hydrogen-bond acceptors (Lipinski definition) is 9. The number of benzene rings is 1. The maximum Gasteiger partial charge on any atom is 0.269 e. The van der Waals surface area contributed by atoms with Crippen molar-refractivity contribution in [2.24, 2.45) is 7.05 Å². The number of nitrogens with one attached hydrogen (secondary N) is 1. The molecule has 0 aliphatic rings. The summed E-state index contributed by atoms with van der Waals surface area (Å²) in [4.78, 5) is 31.5. The Bertz CT molecular complexity index is 1110. The second kappa shape index (κ2) is 9.88. The van der Waals surface area contributed by atoms with E-state index < -0.39 is 4.92 Å². The van der Waals surface area contributed by atoms with E-state index in [0.717, 1.165) is 17.2 Å². The van der Waals surface area contributed by atoms with E-state index in [2.05, 4.69) is 25.5 Å². The predicted octanol–water partition coefficient (Wildman–Crippen LogP) is 3.46. The SMILES string of the molecule is Cc1cc(C)nc(SCc2nnc(SCC(=O)Nc3ccc([N+](=O)[O-])cc3C)n2C)n1. The molecule has 3 rings (SSSR count). The van der Waals surface area contributed by atoms with Crippen LogP contribution in [0.3, 0.4) is 0 Å². The summed E-state index contributed by atoms with van der Waals surface area (Å²) in [5.74, 6) is 1.21. The first-order chi connectivity index (χ1) is 14.7. The number of hydrogen-bond donors (Lipinski definition) is 1. The number of thioether (sulfide) groups is 2. The van der Waals surface area contributed by atoms with Crippen LogP contribution in [0.4, 0.5) is 11.4 Å². The molecular weight excluding hydrogens is 438 g/mol. The summed E-state index contributed by atoms with van der Waals surface area (Å²) < 4.78 is 1.84. The van der Waals surface area contributed by atoms with Gasteiger partial charge in [-0.3, -0.25) is 14.9 Å².